The van der Waals surface area contributed by atoms with Gasteiger partial charge in [-0.2, -0.15) is 9.67 Å². The molecule has 1 aromatic heterocycles. The number of ether oxygens (including phenoxy) is 2. The van der Waals surface area contributed by atoms with Crippen LogP contribution in [-0.4, -0.2) is 34.4 Å². The van der Waals surface area contributed by atoms with Gasteiger partial charge in [-0.3, -0.25) is 4.79 Å². The van der Waals surface area contributed by atoms with E-state index in [4.69, 9.17) is 9.47 Å². The molecule has 0 spiro atoms. The summed E-state index contributed by atoms with van der Waals surface area (Å²) in [5.41, 5.74) is 2.49. The first-order chi connectivity index (χ1) is 13.7. The highest BCUT2D eigenvalue weighted by Gasteiger charge is 2.20. The summed E-state index contributed by atoms with van der Waals surface area (Å²) >= 11 is 0. The van der Waals surface area contributed by atoms with Crippen molar-refractivity contribution in [3.05, 3.63) is 59.7 Å². The average Bonchev–Trinajstić information content (AvgIpc) is 3.17. The van der Waals surface area contributed by atoms with Gasteiger partial charge >= 0.3 is 6.01 Å². The van der Waals surface area contributed by atoms with Crippen LogP contribution >= 0.6 is 0 Å². The molecule has 28 heavy (non-hydrogen) atoms. The Kier molecular flexibility index (Phi) is 6.42. The molecule has 146 valence electrons. The van der Waals surface area contributed by atoms with E-state index < -0.39 is 0 Å². The van der Waals surface area contributed by atoms with Crippen LogP contribution in [0.3, 0.4) is 0 Å². The van der Waals surface area contributed by atoms with E-state index in [1.807, 2.05) is 48.5 Å². The van der Waals surface area contributed by atoms with Crippen LogP contribution in [0.1, 0.15) is 42.6 Å². The minimum Gasteiger partial charge on any atom is -0.497 e. The number of aromatic nitrogens is 3. The minimum atomic E-state index is -0.244. The van der Waals surface area contributed by atoms with Crippen LogP contribution in [0, 0.1) is 0 Å². The van der Waals surface area contributed by atoms with Crippen molar-refractivity contribution in [2.45, 2.75) is 33.1 Å². The summed E-state index contributed by atoms with van der Waals surface area (Å²) in [6, 6.07) is 15.1. The number of hydrogen-bond donors (Lipinski definition) is 0. The number of aryl methyl sites for hydroxylation is 1. The topological polar surface area (TPSA) is 66.2 Å². The molecule has 0 radical (unpaired) electrons. The summed E-state index contributed by atoms with van der Waals surface area (Å²) in [7, 11) is 1.61. The largest absolute Gasteiger partial charge is 0.497 e. The van der Waals surface area contributed by atoms with Gasteiger partial charge in [0, 0.05) is 11.1 Å². The zero-order chi connectivity index (χ0) is 19.9. The summed E-state index contributed by atoms with van der Waals surface area (Å²) in [6.07, 6.45) is 2.83. The lowest BCUT2D eigenvalue weighted by Gasteiger charge is -2.06. The van der Waals surface area contributed by atoms with E-state index in [1.54, 1.807) is 7.11 Å². The predicted octanol–water partition coefficient (Wildman–Crippen LogP) is 4.38. The normalized spacial score (nSPS) is 10.7. The van der Waals surface area contributed by atoms with Crippen LogP contribution in [-0.2, 0) is 6.42 Å². The Balaban J connectivity index is 1.97. The van der Waals surface area contributed by atoms with Crippen LogP contribution < -0.4 is 9.47 Å². The van der Waals surface area contributed by atoms with Crippen LogP contribution in [0.5, 0.6) is 11.8 Å². The molecule has 0 aliphatic carbocycles. The second kappa shape index (κ2) is 9.17. The maximum absolute atomic E-state index is 13.1. The van der Waals surface area contributed by atoms with Gasteiger partial charge in [0.25, 0.3) is 5.91 Å². The fourth-order valence-corrected chi connectivity index (χ4v) is 2.74. The quantitative estimate of drug-likeness (QED) is 0.543. The lowest BCUT2D eigenvalue weighted by Crippen LogP contribution is -2.15. The number of unbranched alkanes of at least 4 members (excludes halogenated alkanes) is 1. The van der Waals surface area contributed by atoms with Crippen molar-refractivity contribution >= 4 is 5.91 Å². The van der Waals surface area contributed by atoms with Gasteiger partial charge in [0.2, 0.25) is 0 Å². The summed E-state index contributed by atoms with van der Waals surface area (Å²) in [6.45, 7) is 4.68. The molecule has 0 unspecified atom stereocenters. The lowest BCUT2D eigenvalue weighted by atomic mass is 10.1. The first-order valence-corrected chi connectivity index (χ1v) is 9.54. The molecule has 0 amide bonds. The van der Waals surface area contributed by atoms with Crippen molar-refractivity contribution in [1.29, 1.82) is 0 Å². The molecule has 0 atom stereocenters. The Morgan fingerprint density at radius 2 is 1.75 bits per heavy atom. The molecule has 0 saturated carbocycles. The highest BCUT2D eigenvalue weighted by molar-refractivity contribution is 5.97. The van der Waals surface area contributed by atoms with Crippen LogP contribution in [0.15, 0.2) is 48.5 Å². The minimum absolute atomic E-state index is 0.206. The molecule has 3 rings (SSSR count). The highest BCUT2D eigenvalue weighted by atomic mass is 16.5. The number of carbonyl (C=O) groups is 1. The van der Waals surface area contributed by atoms with Gasteiger partial charge in [-0.15, -0.1) is 5.10 Å². The van der Waals surface area contributed by atoms with Gasteiger partial charge < -0.3 is 9.47 Å². The zero-order valence-corrected chi connectivity index (χ0v) is 16.5. The Labute approximate surface area is 165 Å². The summed E-state index contributed by atoms with van der Waals surface area (Å²) in [5.74, 6) is 0.931. The monoisotopic (exact) mass is 379 g/mol. The molecule has 1 heterocycles. The number of carbonyl (C=O) groups excluding carboxylic acids is 1. The molecule has 2 aromatic carbocycles. The molecule has 6 heteroatoms. The van der Waals surface area contributed by atoms with E-state index in [0.29, 0.717) is 18.0 Å². The summed E-state index contributed by atoms with van der Waals surface area (Å²) in [4.78, 5) is 17.5. The van der Waals surface area contributed by atoms with Crippen molar-refractivity contribution in [3.8, 4) is 23.1 Å². The van der Waals surface area contributed by atoms with Crippen molar-refractivity contribution in [1.82, 2.24) is 14.8 Å². The maximum atomic E-state index is 13.1. The van der Waals surface area contributed by atoms with Crippen LogP contribution in [0.25, 0.3) is 11.4 Å². The van der Waals surface area contributed by atoms with E-state index in [9.17, 15) is 4.79 Å². The Morgan fingerprint density at radius 3 is 2.36 bits per heavy atom. The van der Waals surface area contributed by atoms with Crippen LogP contribution in [0.2, 0.25) is 0 Å². The number of nitrogens with zero attached hydrogens (tertiary/aromatic N) is 3. The zero-order valence-electron chi connectivity index (χ0n) is 16.5. The smallest absolute Gasteiger partial charge is 0.336 e. The van der Waals surface area contributed by atoms with Gasteiger partial charge in [-0.1, -0.05) is 32.4 Å². The maximum Gasteiger partial charge on any atom is 0.336 e. The second-order valence-corrected chi connectivity index (χ2v) is 6.42. The summed E-state index contributed by atoms with van der Waals surface area (Å²) in [5, 5.41) is 4.32. The standard InChI is InChI=1S/C22H25N3O3/c1-4-6-15-28-22-23-20(17-11-13-19(27-3)14-12-17)25(24-22)21(26)18-9-7-16(5-2)8-10-18/h7-14H,4-6,15H2,1-3H3. The molecular weight excluding hydrogens is 354 g/mol. The first-order valence-electron chi connectivity index (χ1n) is 9.54. The average molecular weight is 379 g/mol. The number of methoxy groups -OCH3 is 1. The molecule has 0 fully saturated rings. The molecule has 3 aromatic rings. The predicted molar refractivity (Wildman–Crippen MR) is 108 cm³/mol. The molecule has 0 aliphatic rings. The van der Waals surface area contributed by atoms with Crippen molar-refractivity contribution < 1.29 is 14.3 Å². The Bertz CT molecular complexity index is 915. The second-order valence-electron chi connectivity index (χ2n) is 6.42. The fraction of sp³-hybridized carbons (Fsp3) is 0.318. The van der Waals surface area contributed by atoms with E-state index in [2.05, 4.69) is 23.9 Å². The molecule has 0 saturated heterocycles. The fourth-order valence-electron chi connectivity index (χ4n) is 2.74. The van der Waals surface area contributed by atoms with Gasteiger partial charge in [0.1, 0.15) is 5.75 Å². The van der Waals surface area contributed by atoms with Crippen molar-refractivity contribution in [2.24, 2.45) is 0 Å². The van der Waals surface area contributed by atoms with Gasteiger partial charge in [0.05, 0.1) is 13.7 Å². The van der Waals surface area contributed by atoms with E-state index in [1.165, 1.54) is 10.2 Å². The molecule has 0 aliphatic heterocycles. The van der Waals surface area contributed by atoms with Crippen molar-refractivity contribution in [3.63, 3.8) is 0 Å². The molecule has 6 nitrogen and oxygen atoms in total. The molecular formula is C22H25N3O3. The third-order valence-corrected chi connectivity index (χ3v) is 4.47. The highest BCUT2D eigenvalue weighted by Crippen LogP contribution is 2.24. The SMILES string of the molecule is CCCCOc1nc(-c2ccc(OC)cc2)n(C(=O)c2ccc(CC)cc2)n1. The van der Waals surface area contributed by atoms with E-state index in [0.717, 1.165) is 30.6 Å². The van der Waals surface area contributed by atoms with E-state index >= 15 is 0 Å². The van der Waals surface area contributed by atoms with E-state index in [-0.39, 0.29) is 11.9 Å². The van der Waals surface area contributed by atoms with Gasteiger partial charge in [-0.05, 0) is 54.8 Å². The molecule has 0 N–H and O–H groups in total. The molecule has 0 bridgehead atoms. The lowest BCUT2D eigenvalue weighted by molar-refractivity contribution is 0.0944. The van der Waals surface area contributed by atoms with Gasteiger partial charge in [0.15, 0.2) is 5.82 Å². The Morgan fingerprint density at radius 1 is 1.04 bits per heavy atom. The Hall–Kier alpha value is -3.15. The van der Waals surface area contributed by atoms with Crippen LogP contribution in [0.4, 0.5) is 0 Å². The third kappa shape index (κ3) is 4.39. The first kappa shape index (κ1) is 19.6. The summed E-state index contributed by atoms with van der Waals surface area (Å²) < 4.78 is 12.2. The van der Waals surface area contributed by atoms with Gasteiger partial charge in [-0.25, -0.2) is 0 Å². The number of benzene rings is 2. The number of rotatable bonds is 8. The number of hydrogen-bond acceptors (Lipinski definition) is 5. The third-order valence-electron chi connectivity index (χ3n) is 4.47. The van der Waals surface area contributed by atoms with Crippen molar-refractivity contribution in [2.75, 3.05) is 13.7 Å².